The van der Waals surface area contributed by atoms with Crippen LogP contribution in [0.3, 0.4) is 0 Å². The van der Waals surface area contributed by atoms with Crippen LogP contribution in [0, 0.1) is 0 Å². The molecule has 1 rings (SSSR count). The summed E-state index contributed by atoms with van der Waals surface area (Å²) in [6, 6.07) is -0.451. The summed E-state index contributed by atoms with van der Waals surface area (Å²) in [6.07, 6.45) is 0. The van der Waals surface area contributed by atoms with Crippen LogP contribution < -0.4 is 5.73 Å². The maximum absolute atomic E-state index is 11.2. The summed E-state index contributed by atoms with van der Waals surface area (Å²) in [4.78, 5) is 0. The third-order valence-electron chi connectivity index (χ3n) is 1.46. The summed E-state index contributed by atoms with van der Waals surface area (Å²) in [5.74, 6) is 0.0696. The zero-order valence-corrected chi connectivity index (χ0v) is 8.21. The minimum atomic E-state index is -3.41. The van der Waals surface area contributed by atoms with Crippen molar-refractivity contribution >= 4 is 9.84 Å². The van der Waals surface area contributed by atoms with E-state index in [9.17, 15) is 8.42 Å². The highest BCUT2D eigenvalue weighted by atomic mass is 32.2. The zero-order chi connectivity index (χ0) is 10.1. The third-order valence-corrected chi connectivity index (χ3v) is 2.91. The van der Waals surface area contributed by atoms with Gasteiger partial charge in [-0.25, -0.2) is 8.42 Å². The quantitative estimate of drug-likeness (QED) is 0.738. The molecule has 0 fully saturated rings. The fourth-order valence-electron chi connectivity index (χ4n) is 0.654. The van der Waals surface area contributed by atoms with Crippen LogP contribution in [-0.4, -0.2) is 24.4 Å². The molecule has 1 aromatic rings. The van der Waals surface area contributed by atoms with Crippen molar-refractivity contribution in [1.29, 1.82) is 0 Å². The van der Waals surface area contributed by atoms with E-state index >= 15 is 0 Å². The van der Waals surface area contributed by atoms with Gasteiger partial charge in [0.15, 0.2) is 0 Å². The van der Waals surface area contributed by atoms with Crippen LogP contribution in [0.2, 0.25) is 0 Å². The van der Waals surface area contributed by atoms with Crippen molar-refractivity contribution < 1.29 is 12.8 Å². The molecule has 6 nitrogen and oxygen atoms in total. The van der Waals surface area contributed by atoms with E-state index in [4.69, 9.17) is 10.2 Å². The number of rotatable bonds is 3. The van der Waals surface area contributed by atoms with Crippen LogP contribution in [0.5, 0.6) is 0 Å². The molecule has 13 heavy (non-hydrogen) atoms. The molecule has 7 heteroatoms. The van der Waals surface area contributed by atoms with E-state index in [0.717, 1.165) is 0 Å². The van der Waals surface area contributed by atoms with Crippen molar-refractivity contribution in [2.45, 2.75) is 25.1 Å². The summed E-state index contributed by atoms with van der Waals surface area (Å²) in [5, 5.41) is 6.55. The normalized spacial score (nSPS) is 14.4. The molecular weight excluding hydrogens is 194 g/mol. The minimum absolute atomic E-state index is 0.0619. The second-order valence-corrected chi connectivity index (χ2v) is 4.75. The average molecular weight is 205 g/mol. The summed E-state index contributed by atoms with van der Waals surface area (Å²) < 4.78 is 27.3. The molecular formula is C6H11N3O3S. The van der Waals surface area contributed by atoms with E-state index in [1.807, 2.05) is 0 Å². The number of aromatic nitrogens is 2. The topological polar surface area (TPSA) is 99.1 Å². The molecule has 1 atom stereocenters. The first-order valence-corrected chi connectivity index (χ1v) is 5.44. The highest BCUT2D eigenvalue weighted by Gasteiger charge is 2.20. The van der Waals surface area contributed by atoms with E-state index < -0.39 is 15.9 Å². The summed E-state index contributed by atoms with van der Waals surface area (Å²) in [5.41, 5.74) is 5.42. The number of hydrogen-bond donors (Lipinski definition) is 1. The van der Waals surface area contributed by atoms with Gasteiger partial charge in [0.05, 0.1) is 11.8 Å². The van der Waals surface area contributed by atoms with Gasteiger partial charge in [0.2, 0.25) is 15.7 Å². The Morgan fingerprint density at radius 3 is 2.54 bits per heavy atom. The van der Waals surface area contributed by atoms with E-state index in [1.165, 1.54) is 6.92 Å². The molecule has 0 aliphatic rings. The molecule has 0 saturated heterocycles. The van der Waals surface area contributed by atoms with Gasteiger partial charge in [-0.3, -0.25) is 0 Å². The molecule has 0 aliphatic carbocycles. The molecule has 2 N–H and O–H groups in total. The van der Waals surface area contributed by atoms with Crippen LogP contribution in [0.25, 0.3) is 0 Å². The van der Waals surface area contributed by atoms with Crippen molar-refractivity contribution in [3.05, 3.63) is 5.89 Å². The van der Waals surface area contributed by atoms with Crippen molar-refractivity contribution in [3.8, 4) is 0 Å². The lowest BCUT2D eigenvalue weighted by molar-refractivity contribution is 0.380. The monoisotopic (exact) mass is 205 g/mol. The summed E-state index contributed by atoms with van der Waals surface area (Å²) in [7, 11) is -3.41. The van der Waals surface area contributed by atoms with Gasteiger partial charge in [-0.2, -0.15) is 0 Å². The lowest BCUT2D eigenvalue weighted by Gasteiger charge is -1.95. The van der Waals surface area contributed by atoms with Crippen LogP contribution in [-0.2, 0) is 9.84 Å². The van der Waals surface area contributed by atoms with Gasteiger partial charge < -0.3 is 10.2 Å². The largest absolute Gasteiger partial charge is 0.411 e. The first kappa shape index (κ1) is 10.1. The van der Waals surface area contributed by atoms with E-state index in [-0.39, 0.29) is 16.9 Å². The molecule has 0 radical (unpaired) electrons. The number of hydrogen-bond acceptors (Lipinski definition) is 6. The molecule has 0 amide bonds. The lowest BCUT2D eigenvalue weighted by Crippen LogP contribution is -2.05. The maximum Gasteiger partial charge on any atom is 0.335 e. The predicted molar refractivity (Wildman–Crippen MR) is 44.6 cm³/mol. The van der Waals surface area contributed by atoms with Crippen molar-refractivity contribution in [3.63, 3.8) is 0 Å². The number of nitrogens with two attached hydrogens (primary N) is 1. The Labute approximate surface area is 76.1 Å². The first-order valence-electron chi connectivity index (χ1n) is 3.79. The highest BCUT2D eigenvalue weighted by molar-refractivity contribution is 7.91. The number of sulfone groups is 1. The van der Waals surface area contributed by atoms with Crippen molar-refractivity contribution in [1.82, 2.24) is 10.2 Å². The third kappa shape index (κ3) is 2.04. The molecule has 0 aliphatic heterocycles. The van der Waals surface area contributed by atoms with Crippen LogP contribution in [0.15, 0.2) is 9.64 Å². The molecule has 0 saturated carbocycles. The van der Waals surface area contributed by atoms with E-state index in [1.54, 1.807) is 6.92 Å². The molecule has 0 bridgehead atoms. The van der Waals surface area contributed by atoms with Gasteiger partial charge in [-0.1, -0.05) is 12.0 Å². The summed E-state index contributed by atoms with van der Waals surface area (Å²) in [6.45, 7) is 3.14. The SMILES string of the molecule is CCS(=O)(=O)c1nnc([C@@H](C)N)o1. The smallest absolute Gasteiger partial charge is 0.335 e. The highest BCUT2D eigenvalue weighted by Crippen LogP contribution is 2.12. The standard InChI is InChI=1S/C6H11N3O3S/c1-3-13(10,11)6-9-8-5(12-6)4(2)7/h4H,3,7H2,1-2H3/t4-/m1/s1. The van der Waals surface area contributed by atoms with Crippen LogP contribution in [0.4, 0.5) is 0 Å². The molecule has 0 spiro atoms. The Kier molecular flexibility index (Phi) is 2.67. The van der Waals surface area contributed by atoms with Gasteiger partial charge in [0.25, 0.3) is 0 Å². The fourth-order valence-corrected chi connectivity index (χ4v) is 1.28. The van der Waals surface area contributed by atoms with Crippen LogP contribution >= 0.6 is 0 Å². The Balaban J connectivity index is 3.06. The van der Waals surface area contributed by atoms with Crippen molar-refractivity contribution in [2.75, 3.05) is 5.75 Å². The Hall–Kier alpha value is -0.950. The van der Waals surface area contributed by atoms with Crippen LogP contribution in [0.1, 0.15) is 25.8 Å². The van der Waals surface area contributed by atoms with Gasteiger partial charge in [0.1, 0.15) is 0 Å². The van der Waals surface area contributed by atoms with Gasteiger partial charge in [-0.05, 0) is 6.92 Å². The molecule has 1 heterocycles. The lowest BCUT2D eigenvalue weighted by atomic mass is 10.4. The number of nitrogens with zero attached hydrogens (tertiary/aromatic N) is 2. The van der Waals surface area contributed by atoms with Crippen molar-refractivity contribution in [2.24, 2.45) is 5.73 Å². The molecule has 0 unspecified atom stereocenters. The zero-order valence-electron chi connectivity index (χ0n) is 7.39. The Bertz CT molecular complexity index is 382. The summed E-state index contributed by atoms with van der Waals surface area (Å²) >= 11 is 0. The predicted octanol–water partition coefficient (Wildman–Crippen LogP) is -0.117. The second-order valence-electron chi connectivity index (χ2n) is 2.60. The van der Waals surface area contributed by atoms with E-state index in [2.05, 4.69) is 10.2 Å². The average Bonchev–Trinajstić information content (AvgIpc) is 2.52. The molecule has 1 aromatic heterocycles. The first-order chi connectivity index (χ1) is 5.97. The van der Waals surface area contributed by atoms with Gasteiger partial charge in [0, 0.05) is 0 Å². The Morgan fingerprint density at radius 2 is 2.15 bits per heavy atom. The molecule has 74 valence electrons. The fraction of sp³-hybridized carbons (Fsp3) is 0.667. The second kappa shape index (κ2) is 3.43. The maximum atomic E-state index is 11.2. The molecule has 0 aromatic carbocycles. The minimum Gasteiger partial charge on any atom is -0.411 e. The Morgan fingerprint density at radius 1 is 1.54 bits per heavy atom. The van der Waals surface area contributed by atoms with E-state index in [0.29, 0.717) is 0 Å². The van der Waals surface area contributed by atoms with Gasteiger partial charge in [-0.15, -0.1) is 5.10 Å². The van der Waals surface area contributed by atoms with Gasteiger partial charge >= 0.3 is 5.22 Å².